The molecule has 1 heterocycles. The second kappa shape index (κ2) is 8.88. The second-order valence-corrected chi connectivity index (χ2v) is 6.13. The lowest BCUT2D eigenvalue weighted by Gasteiger charge is -2.15. The van der Waals surface area contributed by atoms with Crippen LogP contribution in [0, 0.1) is 6.92 Å². The minimum atomic E-state index is -0.491. The highest BCUT2D eigenvalue weighted by molar-refractivity contribution is 5.89. The molecule has 0 aliphatic heterocycles. The molecule has 28 heavy (non-hydrogen) atoms. The Morgan fingerprint density at radius 3 is 2.57 bits per heavy atom. The number of benzene rings is 2. The summed E-state index contributed by atoms with van der Waals surface area (Å²) < 4.78 is 11.1. The topological polar surface area (TPSA) is 98.5 Å². The standard InChI is InChI=1S/C21H22N4O3/c1-14-4-3-5-20(24-21(26)25-22)19(14)13-28-18-10-16(11-23-12-18)15-6-8-17(27-2)9-7-15/h3-12H,13,22H2,1-2H3,(H2,24,25,26). The maximum absolute atomic E-state index is 11.6. The van der Waals surface area contributed by atoms with E-state index in [1.807, 2.05) is 49.4 Å². The summed E-state index contributed by atoms with van der Waals surface area (Å²) in [6.07, 6.45) is 3.44. The van der Waals surface area contributed by atoms with E-state index in [-0.39, 0.29) is 6.61 Å². The number of hydrogen-bond donors (Lipinski definition) is 3. The van der Waals surface area contributed by atoms with Crippen molar-refractivity contribution in [2.24, 2.45) is 5.84 Å². The fourth-order valence-electron chi connectivity index (χ4n) is 2.76. The molecule has 0 spiro atoms. The Balaban J connectivity index is 1.77. The van der Waals surface area contributed by atoms with Crippen LogP contribution in [0.5, 0.6) is 11.5 Å². The van der Waals surface area contributed by atoms with Gasteiger partial charge >= 0.3 is 6.03 Å². The van der Waals surface area contributed by atoms with E-state index < -0.39 is 6.03 Å². The van der Waals surface area contributed by atoms with Crippen molar-refractivity contribution in [2.75, 3.05) is 12.4 Å². The van der Waals surface area contributed by atoms with Crippen molar-refractivity contribution in [3.05, 3.63) is 72.1 Å². The number of aryl methyl sites for hydroxylation is 1. The molecule has 0 saturated heterocycles. The zero-order chi connectivity index (χ0) is 19.9. The molecule has 3 aromatic rings. The van der Waals surface area contributed by atoms with Crippen LogP contribution < -0.4 is 26.1 Å². The number of hydrazine groups is 1. The van der Waals surface area contributed by atoms with Gasteiger partial charge in [0, 0.05) is 23.0 Å². The van der Waals surface area contributed by atoms with Crippen molar-refractivity contribution in [3.8, 4) is 22.6 Å². The first kappa shape index (κ1) is 19.2. The van der Waals surface area contributed by atoms with Crippen molar-refractivity contribution in [1.29, 1.82) is 0 Å². The van der Waals surface area contributed by atoms with Crippen LogP contribution >= 0.6 is 0 Å². The van der Waals surface area contributed by atoms with Crippen LogP contribution in [-0.2, 0) is 6.61 Å². The summed E-state index contributed by atoms with van der Waals surface area (Å²) in [5.74, 6) is 6.58. The van der Waals surface area contributed by atoms with Crippen molar-refractivity contribution in [3.63, 3.8) is 0 Å². The Morgan fingerprint density at radius 2 is 1.86 bits per heavy atom. The molecule has 0 unspecified atom stereocenters. The molecule has 0 aliphatic carbocycles. The van der Waals surface area contributed by atoms with E-state index in [1.165, 1.54) is 0 Å². The van der Waals surface area contributed by atoms with Gasteiger partial charge in [-0.05, 0) is 42.3 Å². The van der Waals surface area contributed by atoms with E-state index in [2.05, 4.69) is 15.7 Å². The first-order chi connectivity index (χ1) is 13.6. The highest BCUT2D eigenvalue weighted by atomic mass is 16.5. The zero-order valence-electron chi connectivity index (χ0n) is 15.7. The third-order valence-electron chi connectivity index (χ3n) is 4.31. The van der Waals surface area contributed by atoms with Gasteiger partial charge in [-0.25, -0.2) is 10.6 Å². The molecule has 144 valence electrons. The SMILES string of the molecule is COc1ccc(-c2cncc(OCc3c(C)cccc3NC(=O)NN)c2)cc1. The number of hydrogen-bond acceptors (Lipinski definition) is 5. The molecule has 2 amide bonds. The normalized spacial score (nSPS) is 10.2. The lowest BCUT2D eigenvalue weighted by atomic mass is 10.1. The number of aromatic nitrogens is 1. The summed E-state index contributed by atoms with van der Waals surface area (Å²) in [7, 11) is 1.64. The van der Waals surface area contributed by atoms with E-state index in [9.17, 15) is 4.79 Å². The lowest BCUT2D eigenvalue weighted by molar-refractivity contribution is 0.252. The number of ether oxygens (including phenoxy) is 2. The van der Waals surface area contributed by atoms with Crippen LogP contribution in [0.2, 0.25) is 0 Å². The van der Waals surface area contributed by atoms with Gasteiger partial charge in [0.2, 0.25) is 0 Å². The fraction of sp³-hybridized carbons (Fsp3) is 0.143. The smallest absolute Gasteiger partial charge is 0.333 e. The predicted octanol–water partition coefficient (Wildman–Crippen LogP) is 3.64. The van der Waals surface area contributed by atoms with Gasteiger partial charge in [0.1, 0.15) is 18.1 Å². The van der Waals surface area contributed by atoms with Gasteiger partial charge in [-0.3, -0.25) is 10.4 Å². The Morgan fingerprint density at radius 1 is 1.07 bits per heavy atom. The third-order valence-corrected chi connectivity index (χ3v) is 4.31. The van der Waals surface area contributed by atoms with E-state index in [0.29, 0.717) is 11.4 Å². The third kappa shape index (κ3) is 4.57. The lowest BCUT2D eigenvalue weighted by Crippen LogP contribution is -2.34. The molecule has 3 rings (SSSR count). The molecule has 4 N–H and O–H groups in total. The number of amides is 2. The summed E-state index contributed by atoms with van der Waals surface area (Å²) in [6, 6.07) is 14.8. The average molecular weight is 378 g/mol. The van der Waals surface area contributed by atoms with Crippen LogP contribution in [-0.4, -0.2) is 18.1 Å². The highest BCUT2D eigenvalue weighted by Gasteiger charge is 2.10. The first-order valence-electron chi connectivity index (χ1n) is 8.69. The molecule has 0 saturated carbocycles. The summed E-state index contributed by atoms with van der Waals surface area (Å²) in [5.41, 5.74) is 6.50. The van der Waals surface area contributed by atoms with Crippen LogP contribution in [0.4, 0.5) is 10.5 Å². The fourth-order valence-corrected chi connectivity index (χ4v) is 2.76. The van der Waals surface area contributed by atoms with Gasteiger partial charge in [-0.15, -0.1) is 0 Å². The maximum atomic E-state index is 11.6. The average Bonchev–Trinajstić information content (AvgIpc) is 2.73. The monoisotopic (exact) mass is 378 g/mol. The zero-order valence-corrected chi connectivity index (χ0v) is 15.7. The van der Waals surface area contributed by atoms with Gasteiger partial charge in [0.25, 0.3) is 0 Å². The number of rotatable bonds is 6. The molecular formula is C21H22N4O3. The van der Waals surface area contributed by atoms with Gasteiger partial charge < -0.3 is 14.8 Å². The number of nitrogens with one attached hydrogen (secondary N) is 2. The number of carbonyl (C=O) groups excluding carboxylic acids is 1. The second-order valence-electron chi connectivity index (χ2n) is 6.13. The minimum Gasteiger partial charge on any atom is -0.497 e. The molecule has 7 nitrogen and oxygen atoms in total. The van der Waals surface area contributed by atoms with Crippen LogP contribution in [0.25, 0.3) is 11.1 Å². The quantitative estimate of drug-likeness (QED) is 0.346. The van der Waals surface area contributed by atoms with E-state index in [0.717, 1.165) is 28.0 Å². The van der Waals surface area contributed by atoms with Gasteiger partial charge in [0.15, 0.2) is 0 Å². The van der Waals surface area contributed by atoms with E-state index >= 15 is 0 Å². The molecule has 2 aromatic carbocycles. The molecule has 1 aromatic heterocycles. The Kier molecular flexibility index (Phi) is 6.08. The van der Waals surface area contributed by atoms with Gasteiger partial charge in [0.05, 0.1) is 13.3 Å². The molecule has 7 heteroatoms. The van der Waals surface area contributed by atoms with Crippen LogP contribution in [0.3, 0.4) is 0 Å². The van der Waals surface area contributed by atoms with Crippen LogP contribution in [0.15, 0.2) is 60.9 Å². The molecule has 0 fully saturated rings. The molecular weight excluding hydrogens is 356 g/mol. The number of methoxy groups -OCH3 is 1. The molecule has 0 radical (unpaired) electrons. The number of nitrogens with two attached hydrogens (primary N) is 1. The Bertz CT molecular complexity index is 958. The summed E-state index contributed by atoms with van der Waals surface area (Å²) >= 11 is 0. The summed E-state index contributed by atoms with van der Waals surface area (Å²) in [4.78, 5) is 15.8. The van der Waals surface area contributed by atoms with Crippen LogP contribution in [0.1, 0.15) is 11.1 Å². The first-order valence-corrected chi connectivity index (χ1v) is 8.69. The van der Waals surface area contributed by atoms with Crippen molar-refractivity contribution >= 4 is 11.7 Å². The molecule has 0 bridgehead atoms. The molecule has 0 atom stereocenters. The number of nitrogens with zero attached hydrogens (tertiary/aromatic N) is 1. The Labute approximate surface area is 163 Å². The van der Waals surface area contributed by atoms with Crippen molar-refractivity contribution < 1.29 is 14.3 Å². The van der Waals surface area contributed by atoms with Crippen molar-refractivity contribution in [2.45, 2.75) is 13.5 Å². The number of carbonyl (C=O) groups is 1. The summed E-state index contributed by atoms with van der Waals surface area (Å²) in [6.45, 7) is 2.23. The summed E-state index contributed by atoms with van der Waals surface area (Å²) in [5, 5.41) is 2.70. The maximum Gasteiger partial charge on any atom is 0.333 e. The van der Waals surface area contributed by atoms with E-state index in [1.54, 1.807) is 25.6 Å². The van der Waals surface area contributed by atoms with E-state index in [4.69, 9.17) is 15.3 Å². The number of pyridine rings is 1. The van der Waals surface area contributed by atoms with Gasteiger partial charge in [-0.1, -0.05) is 24.3 Å². The number of anilines is 1. The van der Waals surface area contributed by atoms with Gasteiger partial charge in [-0.2, -0.15) is 0 Å². The minimum absolute atomic E-state index is 0.278. The largest absolute Gasteiger partial charge is 0.497 e. The molecule has 0 aliphatic rings. The number of urea groups is 1. The highest BCUT2D eigenvalue weighted by Crippen LogP contribution is 2.26. The Hall–Kier alpha value is -3.58. The van der Waals surface area contributed by atoms with Crippen molar-refractivity contribution in [1.82, 2.24) is 10.4 Å². The predicted molar refractivity (Wildman–Crippen MR) is 108 cm³/mol.